The van der Waals surface area contributed by atoms with Crippen LogP contribution in [0.25, 0.3) is 0 Å². The SMILES string of the molecule is CCC(CC)Sc1nnc(SC(CC)CC)s1. The second-order valence-corrected chi connectivity index (χ2v) is 8.02. The molecule has 17 heavy (non-hydrogen) atoms. The molecule has 0 saturated carbocycles. The zero-order valence-corrected chi connectivity index (χ0v) is 13.6. The van der Waals surface area contributed by atoms with Gasteiger partial charge in [-0.05, 0) is 25.7 Å². The van der Waals surface area contributed by atoms with Crippen LogP contribution in [0.3, 0.4) is 0 Å². The van der Waals surface area contributed by atoms with Crippen molar-refractivity contribution >= 4 is 34.9 Å². The zero-order valence-electron chi connectivity index (χ0n) is 11.1. The topological polar surface area (TPSA) is 25.8 Å². The first-order valence-electron chi connectivity index (χ1n) is 6.40. The van der Waals surface area contributed by atoms with Gasteiger partial charge in [0.05, 0.1) is 0 Å². The van der Waals surface area contributed by atoms with Gasteiger partial charge in [-0.1, -0.05) is 62.6 Å². The van der Waals surface area contributed by atoms with Gasteiger partial charge in [-0.15, -0.1) is 10.2 Å². The van der Waals surface area contributed by atoms with E-state index in [-0.39, 0.29) is 0 Å². The van der Waals surface area contributed by atoms with Crippen molar-refractivity contribution in [1.29, 1.82) is 0 Å². The number of aromatic nitrogens is 2. The molecule has 0 atom stereocenters. The quantitative estimate of drug-likeness (QED) is 0.622. The molecule has 0 fully saturated rings. The number of hydrogen-bond donors (Lipinski definition) is 0. The number of hydrogen-bond acceptors (Lipinski definition) is 5. The molecule has 5 heteroatoms. The number of thioether (sulfide) groups is 2. The maximum atomic E-state index is 4.28. The molecule has 98 valence electrons. The highest BCUT2D eigenvalue weighted by molar-refractivity contribution is 8.03. The van der Waals surface area contributed by atoms with Crippen molar-refractivity contribution in [3.8, 4) is 0 Å². The van der Waals surface area contributed by atoms with E-state index in [2.05, 4.69) is 37.9 Å². The van der Waals surface area contributed by atoms with Gasteiger partial charge in [0.1, 0.15) is 0 Å². The van der Waals surface area contributed by atoms with Gasteiger partial charge in [0, 0.05) is 10.5 Å². The molecule has 0 aliphatic heterocycles. The Kier molecular flexibility index (Phi) is 7.55. The fourth-order valence-electron chi connectivity index (χ4n) is 1.49. The van der Waals surface area contributed by atoms with Crippen LogP contribution in [0.1, 0.15) is 53.4 Å². The van der Waals surface area contributed by atoms with Crippen molar-refractivity contribution in [1.82, 2.24) is 10.2 Å². The summed E-state index contributed by atoms with van der Waals surface area (Å²) in [6, 6.07) is 0. The molecule has 1 heterocycles. The Bertz CT molecular complexity index is 278. The molecular formula is C12H22N2S3. The fourth-order valence-corrected chi connectivity index (χ4v) is 5.05. The smallest absolute Gasteiger partial charge is 0.131 e. The van der Waals surface area contributed by atoms with Crippen molar-refractivity contribution in [3.05, 3.63) is 0 Å². The van der Waals surface area contributed by atoms with Gasteiger partial charge in [0.25, 0.3) is 0 Å². The van der Waals surface area contributed by atoms with E-state index in [4.69, 9.17) is 0 Å². The van der Waals surface area contributed by atoms with E-state index in [0.717, 1.165) is 8.68 Å². The Morgan fingerprint density at radius 1 is 0.824 bits per heavy atom. The van der Waals surface area contributed by atoms with Crippen LogP contribution >= 0.6 is 34.9 Å². The summed E-state index contributed by atoms with van der Waals surface area (Å²) in [6.07, 6.45) is 4.82. The third kappa shape index (κ3) is 5.18. The average Bonchev–Trinajstić information content (AvgIpc) is 2.80. The third-order valence-corrected chi connectivity index (χ3v) is 6.90. The summed E-state index contributed by atoms with van der Waals surface area (Å²) in [5.74, 6) is 0. The van der Waals surface area contributed by atoms with Gasteiger partial charge in [-0.25, -0.2) is 0 Å². The Balaban J connectivity index is 2.52. The summed E-state index contributed by atoms with van der Waals surface area (Å²) < 4.78 is 2.26. The molecule has 1 aromatic heterocycles. The minimum atomic E-state index is 0.689. The van der Waals surface area contributed by atoms with E-state index in [0.29, 0.717) is 10.5 Å². The molecule has 0 radical (unpaired) electrons. The standard InChI is InChI=1S/C12H22N2S3/c1-5-9(6-2)15-11-13-14-12(17-11)16-10(7-3)8-4/h9-10H,5-8H2,1-4H3. The van der Waals surface area contributed by atoms with E-state index >= 15 is 0 Å². The van der Waals surface area contributed by atoms with E-state index in [1.54, 1.807) is 11.3 Å². The first kappa shape index (κ1) is 15.3. The molecule has 0 bridgehead atoms. The van der Waals surface area contributed by atoms with Gasteiger partial charge in [-0.2, -0.15) is 0 Å². The number of nitrogens with zero attached hydrogens (tertiary/aromatic N) is 2. The second-order valence-electron chi connectivity index (χ2n) is 3.95. The lowest BCUT2D eigenvalue weighted by Crippen LogP contribution is -1.96. The van der Waals surface area contributed by atoms with Gasteiger partial charge >= 0.3 is 0 Å². The van der Waals surface area contributed by atoms with Crippen LogP contribution in [0, 0.1) is 0 Å². The molecule has 1 aromatic rings. The van der Waals surface area contributed by atoms with Crippen molar-refractivity contribution in [2.75, 3.05) is 0 Å². The van der Waals surface area contributed by atoms with Crippen LogP contribution in [0.5, 0.6) is 0 Å². The summed E-state index contributed by atoms with van der Waals surface area (Å²) in [5, 5.41) is 9.95. The predicted octanol–water partition coefficient (Wildman–Crippen LogP) is 5.10. The van der Waals surface area contributed by atoms with Crippen molar-refractivity contribution in [2.24, 2.45) is 0 Å². The lowest BCUT2D eigenvalue weighted by Gasteiger charge is -2.08. The zero-order chi connectivity index (χ0) is 12.7. The van der Waals surface area contributed by atoms with Crippen molar-refractivity contribution < 1.29 is 0 Å². The third-order valence-electron chi connectivity index (χ3n) is 2.74. The largest absolute Gasteiger partial charge is 0.175 e. The molecule has 0 N–H and O–H groups in total. The van der Waals surface area contributed by atoms with Crippen LogP contribution in [0.2, 0.25) is 0 Å². The highest BCUT2D eigenvalue weighted by Crippen LogP contribution is 2.35. The van der Waals surface area contributed by atoms with Crippen molar-refractivity contribution in [3.63, 3.8) is 0 Å². The van der Waals surface area contributed by atoms with Gasteiger partial charge in [-0.3, -0.25) is 0 Å². The van der Waals surface area contributed by atoms with Crippen LogP contribution in [-0.4, -0.2) is 20.7 Å². The molecule has 0 aromatic carbocycles. The number of rotatable bonds is 8. The summed E-state index contributed by atoms with van der Waals surface area (Å²) in [5.41, 5.74) is 0. The van der Waals surface area contributed by atoms with Gasteiger partial charge in [0.2, 0.25) is 0 Å². The first-order chi connectivity index (χ1) is 8.23. The molecule has 0 aliphatic rings. The Hall–Kier alpha value is 0.260. The van der Waals surface area contributed by atoms with Gasteiger partial charge in [0.15, 0.2) is 8.68 Å². The van der Waals surface area contributed by atoms with E-state index in [1.165, 1.54) is 25.7 Å². The molecule has 0 amide bonds. The average molecular weight is 291 g/mol. The lowest BCUT2D eigenvalue weighted by molar-refractivity contribution is 0.787. The molecule has 0 unspecified atom stereocenters. The highest BCUT2D eigenvalue weighted by atomic mass is 32.2. The van der Waals surface area contributed by atoms with E-state index < -0.39 is 0 Å². The predicted molar refractivity (Wildman–Crippen MR) is 80.4 cm³/mol. The first-order valence-corrected chi connectivity index (χ1v) is 8.97. The maximum Gasteiger partial charge on any atom is 0.175 e. The second kappa shape index (κ2) is 8.38. The Morgan fingerprint density at radius 3 is 1.47 bits per heavy atom. The monoisotopic (exact) mass is 290 g/mol. The molecular weight excluding hydrogens is 268 g/mol. The van der Waals surface area contributed by atoms with E-state index in [9.17, 15) is 0 Å². The summed E-state index contributed by atoms with van der Waals surface area (Å²) >= 11 is 5.52. The molecule has 0 spiro atoms. The summed E-state index contributed by atoms with van der Waals surface area (Å²) in [7, 11) is 0. The lowest BCUT2D eigenvalue weighted by atomic mass is 10.3. The Labute approximate surface area is 117 Å². The maximum absolute atomic E-state index is 4.28. The fraction of sp³-hybridized carbons (Fsp3) is 0.833. The summed E-state index contributed by atoms with van der Waals surface area (Å²) in [6.45, 7) is 8.95. The molecule has 0 aliphatic carbocycles. The minimum absolute atomic E-state index is 0.689. The van der Waals surface area contributed by atoms with Crippen molar-refractivity contribution in [2.45, 2.75) is 72.6 Å². The highest BCUT2D eigenvalue weighted by Gasteiger charge is 2.13. The minimum Gasteiger partial charge on any atom is -0.131 e. The summed E-state index contributed by atoms with van der Waals surface area (Å²) in [4.78, 5) is 0. The van der Waals surface area contributed by atoms with Gasteiger partial charge < -0.3 is 0 Å². The molecule has 0 saturated heterocycles. The van der Waals surface area contributed by atoms with Crippen LogP contribution in [0.4, 0.5) is 0 Å². The normalized spacial score (nSPS) is 11.6. The van der Waals surface area contributed by atoms with Crippen LogP contribution < -0.4 is 0 Å². The van der Waals surface area contributed by atoms with E-state index in [1.807, 2.05) is 23.5 Å². The molecule has 2 nitrogen and oxygen atoms in total. The molecule has 1 rings (SSSR count). The van der Waals surface area contributed by atoms with Crippen LogP contribution in [-0.2, 0) is 0 Å². The van der Waals surface area contributed by atoms with Crippen LogP contribution in [0.15, 0.2) is 8.68 Å². The Morgan fingerprint density at radius 2 is 1.18 bits per heavy atom.